The summed E-state index contributed by atoms with van der Waals surface area (Å²) in [5.41, 5.74) is -0.231. The molecule has 2 aliphatic heterocycles. The summed E-state index contributed by atoms with van der Waals surface area (Å²) in [6, 6.07) is 0. The lowest BCUT2D eigenvalue weighted by atomic mass is 9.70. The van der Waals surface area contributed by atoms with Crippen molar-refractivity contribution in [2.24, 2.45) is 29.6 Å². The molecule has 2 heterocycles. The van der Waals surface area contributed by atoms with Crippen LogP contribution in [0.1, 0.15) is 101 Å². The van der Waals surface area contributed by atoms with E-state index in [4.69, 9.17) is 18.9 Å². The van der Waals surface area contributed by atoms with Gasteiger partial charge in [0.05, 0.1) is 24.9 Å². The van der Waals surface area contributed by atoms with Crippen LogP contribution in [-0.4, -0.2) is 87.0 Å². The average Bonchev–Trinajstić information content (AvgIpc) is 3.51. The Kier molecular flexibility index (Phi) is 18.5. The topological polar surface area (TPSA) is 198 Å². The van der Waals surface area contributed by atoms with Crippen molar-refractivity contribution in [3.05, 3.63) is 95.2 Å². The van der Waals surface area contributed by atoms with Crippen molar-refractivity contribution in [3.63, 3.8) is 0 Å². The first kappa shape index (κ1) is 49.8. The molecule has 0 radical (unpaired) electrons. The molecule has 0 saturated carbocycles. The van der Waals surface area contributed by atoms with Gasteiger partial charge in [-0.25, -0.2) is 9.59 Å². The van der Waals surface area contributed by atoms with E-state index in [0.29, 0.717) is 12.0 Å². The number of carbonyl (C=O) groups excluding carboxylic acids is 4. The fourth-order valence-electron chi connectivity index (χ4n) is 7.80. The van der Waals surface area contributed by atoms with Gasteiger partial charge in [0, 0.05) is 61.5 Å². The average molecular weight is 838 g/mol. The Bertz CT molecular complexity index is 1800. The summed E-state index contributed by atoms with van der Waals surface area (Å²) < 4.78 is 23.7. The highest BCUT2D eigenvalue weighted by Gasteiger charge is 2.55. The molecule has 3 aliphatic rings. The first-order valence-electron chi connectivity index (χ1n) is 20.9. The van der Waals surface area contributed by atoms with Crippen LogP contribution in [0.5, 0.6) is 0 Å². The van der Waals surface area contributed by atoms with Crippen LogP contribution in [0, 0.1) is 29.6 Å². The Balaban J connectivity index is 1.95. The first-order valence-corrected chi connectivity index (χ1v) is 20.9. The number of ketones is 1. The van der Waals surface area contributed by atoms with Gasteiger partial charge in [-0.1, -0.05) is 101 Å². The number of rotatable bonds is 12. The van der Waals surface area contributed by atoms with Crippen LogP contribution in [0.15, 0.2) is 95.2 Å². The van der Waals surface area contributed by atoms with Crippen molar-refractivity contribution >= 4 is 23.6 Å². The van der Waals surface area contributed by atoms with Gasteiger partial charge in [-0.2, -0.15) is 0 Å². The Labute approximate surface area is 355 Å². The third-order valence-electron chi connectivity index (χ3n) is 12.0. The van der Waals surface area contributed by atoms with Crippen LogP contribution in [0.25, 0.3) is 0 Å². The number of hydrogen-bond donors (Lipinski definition) is 5. The van der Waals surface area contributed by atoms with Gasteiger partial charge in [0.15, 0.2) is 11.6 Å². The molecule has 11 atom stereocenters. The molecule has 5 N–H and O–H groups in total. The van der Waals surface area contributed by atoms with Crippen LogP contribution < -0.4 is 5.32 Å². The van der Waals surface area contributed by atoms with E-state index < -0.39 is 77.2 Å². The van der Waals surface area contributed by atoms with Gasteiger partial charge < -0.3 is 44.7 Å². The van der Waals surface area contributed by atoms with E-state index in [2.05, 4.69) is 5.32 Å². The van der Waals surface area contributed by atoms with E-state index in [1.807, 2.05) is 64.2 Å². The van der Waals surface area contributed by atoms with Gasteiger partial charge in [0.25, 0.3) is 0 Å². The first-order chi connectivity index (χ1) is 28.1. The third-order valence-corrected chi connectivity index (χ3v) is 12.0. The molecule has 1 saturated heterocycles. The molecule has 13 nitrogen and oxygen atoms in total. The number of methoxy groups -OCH3 is 1. The molecular formula is C47H67NO12. The fourth-order valence-corrected chi connectivity index (χ4v) is 7.80. The lowest BCUT2D eigenvalue weighted by molar-refractivity contribution is -0.325. The SMILES string of the molecule is CC/C=C/C=C/[C@H]1O[C@@](O)([C@@H](C)[C@@](C)(O)[C@H](C)[C@@H]2C/C=C/C=C(\C)C[C@H](C)[C@H](O)C(C)/C=C(C)/C=C(\OC)C(=O)O2)C[C@@H](OC(=O)/C=C/C(=O)NC2=C(O)CCC2=O)[C@@H]1C. The fraction of sp³-hybridized carbons (Fsp3) is 0.574. The van der Waals surface area contributed by atoms with Gasteiger partial charge in [-0.05, 0) is 45.6 Å². The molecule has 3 rings (SSSR count). The zero-order valence-corrected chi connectivity index (χ0v) is 36.8. The Morgan fingerprint density at radius 3 is 2.45 bits per heavy atom. The smallest absolute Gasteiger partial charge is 0.373 e. The molecule has 332 valence electrons. The normalized spacial score (nSPS) is 34.1. The Morgan fingerprint density at radius 2 is 1.82 bits per heavy atom. The molecule has 0 aromatic heterocycles. The lowest BCUT2D eigenvalue weighted by Gasteiger charge is -2.51. The van der Waals surface area contributed by atoms with Gasteiger partial charge in [-0.3, -0.25) is 9.59 Å². The molecule has 1 unspecified atom stereocenters. The van der Waals surface area contributed by atoms with Crippen LogP contribution in [0.4, 0.5) is 0 Å². The second-order valence-corrected chi connectivity index (χ2v) is 16.8. The molecular weight excluding hydrogens is 771 g/mol. The van der Waals surface area contributed by atoms with Crippen molar-refractivity contribution < 1.29 is 58.6 Å². The van der Waals surface area contributed by atoms with Crippen molar-refractivity contribution in [1.29, 1.82) is 0 Å². The molecule has 0 spiro atoms. The van der Waals surface area contributed by atoms with E-state index in [1.54, 1.807) is 45.9 Å². The minimum absolute atomic E-state index is 0.0322. The second-order valence-electron chi connectivity index (χ2n) is 16.8. The summed E-state index contributed by atoms with van der Waals surface area (Å²) in [7, 11) is 1.36. The maximum atomic E-state index is 13.7. The predicted octanol–water partition coefficient (Wildman–Crippen LogP) is 6.68. The minimum atomic E-state index is -2.08. The number of aliphatic hydroxyl groups excluding tert-OH is 2. The van der Waals surface area contributed by atoms with E-state index in [0.717, 1.165) is 24.1 Å². The number of amides is 1. The van der Waals surface area contributed by atoms with Crippen LogP contribution in [0.2, 0.25) is 0 Å². The van der Waals surface area contributed by atoms with Gasteiger partial charge in [0.1, 0.15) is 23.7 Å². The summed E-state index contributed by atoms with van der Waals surface area (Å²) in [6.07, 6.45) is 16.4. The molecule has 0 aromatic carbocycles. The largest absolute Gasteiger partial charge is 0.510 e. The third kappa shape index (κ3) is 13.5. The standard InChI is InChI=1S/C47H67NO12/c1-11-12-13-14-18-37-32(6)40(58-42(52)23-22-41(51)48-43-35(49)20-21-36(43)50)27-47(56,60-37)34(8)46(9,55)33(7)38-19-16-15-17-28(2)24-30(4)44(53)31(5)25-29(3)26-39(57-10)45(54)59-38/h12-18,22-23,25-26,30-34,37-38,40,44,49,53,55-56H,11,19-21,24,27H2,1-10H3,(H,48,51)/b13-12+,16-15+,18-14+,23-22+,28-17+,29-25+,39-26-/t30-,31?,32+,33+,34-,37+,38-,40+,44-,46-,47+/m0/s1. The van der Waals surface area contributed by atoms with E-state index in [-0.39, 0.29) is 54.7 Å². The molecule has 0 aromatic rings. The summed E-state index contributed by atoms with van der Waals surface area (Å²) >= 11 is 0. The minimum Gasteiger partial charge on any atom is -0.510 e. The maximum absolute atomic E-state index is 13.7. The maximum Gasteiger partial charge on any atom is 0.373 e. The van der Waals surface area contributed by atoms with Crippen molar-refractivity contribution in [1.82, 2.24) is 5.32 Å². The van der Waals surface area contributed by atoms with Crippen molar-refractivity contribution in [2.75, 3.05) is 7.11 Å². The van der Waals surface area contributed by atoms with E-state index in [1.165, 1.54) is 14.0 Å². The molecule has 1 aliphatic carbocycles. The number of cyclic esters (lactones) is 1. The molecule has 13 heteroatoms. The van der Waals surface area contributed by atoms with Crippen LogP contribution in [0.3, 0.4) is 0 Å². The van der Waals surface area contributed by atoms with Gasteiger partial charge in [0.2, 0.25) is 11.7 Å². The number of ether oxygens (including phenoxy) is 4. The van der Waals surface area contributed by atoms with Crippen molar-refractivity contribution in [3.8, 4) is 0 Å². The van der Waals surface area contributed by atoms with Crippen molar-refractivity contribution in [2.45, 2.75) is 137 Å². The van der Waals surface area contributed by atoms with Crippen LogP contribution in [-0.2, 0) is 38.1 Å². The van der Waals surface area contributed by atoms with E-state index >= 15 is 0 Å². The monoisotopic (exact) mass is 837 g/mol. The van der Waals surface area contributed by atoms with Gasteiger partial charge in [-0.15, -0.1) is 0 Å². The lowest BCUT2D eigenvalue weighted by Crippen LogP contribution is -2.61. The van der Waals surface area contributed by atoms with E-state index in [9.17, 15) is 39.6 Å². The zero-order valence-electron chi connectivity index (χ0n) is 36.8. The number of allylic oxidation sites excluding steroid dienone is 10. The van der Waals surface area contributed by atoms with Crippen LogP contribution >= 0.6 is 0 Å². The van der Waals surface area contributed by atoms with Gasteiger partial charge >= 0.3 is 11.9 Å². The Hall–Kier alpha value is -4.56. The zero-order chi connectivity index (χ0) is 44.9. The molecule has 1 amide bonds. The summed E-state index contributed by atoms with van der Waals surface area (Å²) in [4.78, 5) is 51.3. The number of carbonyl (C=O) groups is 4. The molecule has 0 bridgehead atoms. The number of hydrogen-bond acceptors (Lipinski definition) is 12. The highest BCUT2D eigenvalue weighted by Crippen LogP contribution is 2.45. The number of Topliss-reactive ketones (excluding diaryl/α,β-unsaturated/α-hetero) is 1. The number of esters is 2. The Morgan fingerprint density at radius 1 is 1.12 bits per heavy atom. The highest BCUT2D eigenvalue weighted by atomic mass is 16.6. The second kappa shape index (κ2) is 22.3. The molecule has 60 heavy (non-hydrogen) atoms. The predicted molar refractivity (Wildman–Crippen MR) is 227 cm³/mol. The number of aliphatic hydroxyl groups is 4. The summed E-state index contributed by atoms with van der Waals surface area (Å²) in [6.45, 7) is 16.4. The molecule has 1 fully saturated rings. The summed E-state index contributed by atoms with van der Waals surface area (Å²) in [5, 5.41) is 48.0. The number of nitrogens with one attached hydrogen (secondary N) is 1. The summed E-state index contributed by atoms with van der Waals surface area (Å²) in [5.74, 6) is -7.87. The quantitative estimate of drug-likeness (QED) is 0.0796. The highest BCUT2D eigenvalue weighted by molar-refractivity contribution is 6.04.